The van der Waals surface area contributed by atoms with Crippen LogP contribution in [0.4, 0.5) is 0 Å². The molecule has 0 unspecified atom stereocenters. The van der Waals surface area contributed by atoms with Gasteiger partial charge in [-0.2, -0.15) is 0 Å². The topological polar surface area (TPSA) is 63.1 Å². The Kier molecular flexibility index (Phi) is 14.1. The Morgan fingerprint density at radius 3 is 2.16 bits per heavy atom. The van der Waals surface area contributed by atoms with E-state index in [0.717, 1.165) is 56.2 Å². The number of aryl methyl sites for hydroxylation is 1. The van der Waals surface area contributed by atoms with Crippen LogP contribution in [0.1, 0.15) is 123 Å². The average Bonchev–Trinajstić information content (AvgIpc) is 3.09. The van der Waals surface area contributed by atoms with Gasteiger partial charge in [0.25, 0.3) is 0 Å². The first-order valence-corrected chi connectivity index (χ1v) is 18.2. The predicted octanol–water partition coefficient (Wildman–Crippen LogP) is 11.8. The molecule has 0 saturated heterocycles. The van der Waals surface area contributed by atoms with Crippen molar-refractivity contribution in [1.29, 1.82) is 0 Å². The number of allylic oxidation sites excluding steroid dienone is 2. The van der Waals surface area contributed by atoms with Gasteiger partial charge in [0.15, 0.2) is 5.78 Å². The number of carbonyl (C=O) groups is 1. The smallest absolute Gasteiger partial charge is 0.164 e. The fourth-order valence-corrected chi connectivity index (χ4v) is 6.53. The first-order valence-electron chi connectivity index (χ1n) is 18.2. The number of rotatable bonds is 11. The molecule has 5 rings (SSSR count). The quantitative estimate of drug-likeness (QED) is 0.0928. The monoisotopic (exact) mass is 838 g/mol. The fraction of sp³-hybridized carbons (Fsp3) is 0.477. The molecule has 0 amide bonds. The molecule has 0 fully saturated rings. The Hall–Kier alpha value is -3.14. The van der Waals surface area contributed by atoms with Crippen LogP contribution < -0.4 is 0 Å². The molecule has 1 N–H and O–H groups in total. The van der Waals surface area contributed by atoms with Crippen LogP contribution in [-0.2, 0) is 44.2 Å². The number of aromatic nitrogens is 2. The summed E-state index contributed by atoms with van der Waals surface area (Å²) in [5.74, 6) is 1.35. The van der Waals surface area contributed by atoms with E-state index in [1.807, 2.05) is 47.7 Å². The second-order valence-electron chi connectivity index (χ2n) is 14.8. The van der Waals surface area contributed by atoms with Crippen molar-refractivity contribution in [1.82, 2.24) is 9.97 Å². The van der Waals surface area contributed by atoms with Crippen molar-refractivity contribution in [2.45, 2.75) is 120 Å². The van der Waals surface area contributed by atoms with Crippen LogP contribution in [0, 0.1) is 22.8 Å². The standard InChI is InChI=1S/C29H29N2.C15H28O2.Ir/c1-18(2)15-22-9-10-25-24-13-14-30-29(26(24)11-12-28(25)31-22)21-16-20-7-5-6-8-23(20)27(17-21)19(3)4;1-7-14(5,8-2)12(16)11-13(17)15(6,9-3)10-4;/h5-10,13-14,17-19H,11-12,15H2,1-4H3;11,16H,7-10H2,1-6H3;/q-1;;/b;12-11-;. The van der Waals surface area contributed by atoms with Gasteiger partial charge in [0.2, 0.25) is 0 Å². The van der Waals surface area contributed by atoms with Crippen molar-refractivity contribution < 1.29 is 30.0 Å². The number of carbonyl (C=O) groups excluding carboxylic acids is 1. The van der Waals surface area contributed by atoms with E-state index in [-0.39, 0.29) is 42.5 Å². The van der Waals surface area contributed by atoms with Crippen molar-refractivity contribution in [3.8, 4) is 22.4 Å². The fourth-order valence-electron chi connectivity index (χ4n) is 6.53. The average molecular weight is 838 g/mol. The van der Waals surface area contributed by atoms with E-state index in [4.69, 9.17) is 9.97 Å². The molecule has 0 aliphatic heterocycles. The molecule has 1 aliphatic carbocycles. The van der Waals surface area contributed by atoms with Gasteiger partial charge in [0.05, 0.1) is 0 Å². The minimum Gasteiger partial charge on any atom is -0.512 e. The van der Waals surface area contributed by atoms with Crippen molar-refractivity contribution in [3.63, 3.8) is 0 Å². The maximum atomic E-state index is 12.2. The van der Waals surface area contributed by atoms with Crippen LogP contribution in [0.15, 0.2) is 66.6 Å². The summed E-state index contributed by atoms with van der Waals surface area (Å²) in [5, 5.41) is 12.6. The van der Waals surface area contributed by atoms with Crippen molar-refractivity contribution in [3.05, 3.63) is 95.1 Å². The molecule has 1 aliphatic rings. The van der Waals surface area contributed by atoms with Crippen LogP contribution >= 0.6 is 0 Å². The summed E-state index contributed by atoms with van der Waals surface area (Å²) in [4.78, 5) is 22.0. The molecule has 4 nitrogen and oxygen atoms in total. The first-order chi connectivity index (χ1) is 22.8. The number of aliphatic hydroxyl groups is 1. The number of pyridine rings is 2. The van der Waals surface area contributed by atoms with Crippen LogP contribution in [-0.4, -0.2) is 20.9 Å². The van der Waals surface area contributed by atoms with Gasteiger partial charge in [-0.05, 0) is 80.0 Å². The third-order valence-electron chi connectivity index (χ3n) is 10.9. The molecular formula is C44H57IrN2O2-. The molecule has 0 saturated carbocycles. The van der Waals surface area contributed by atoms with E-state index in [2.05, 4.69) is 82.3 Å². The Morgan fingerprint density at radius 1 is 0.898 bits per heavy atom. The number of ketones is 1. The van der Waals surface area contributed by atoms with E-state index in [1.165, 1.54) is 50.5 Å². The molecule has 0 bridgehead atoms. The molecule has 2 aromatic heterocycles. The second kappa shape index (κ2) is 17.2. The minimum absolute atomic E-state index is 0. The Labute approximate surface area is 309 Å². The molecular weight excluding hydrogens is 781 g/mol. The van der Waals surface area contributed by atoms with Gasteiger partial charge >= 0.3 is 0 Å². The van der Waals surface area contributed by atoms with E-state index in [0.29, 0.717) is 11.8 Å². The number of benzene rings is 2. The maximum Gasteiger partial charge on any atom is 0.164 e. The largest absolute Gasteiger partial charge is 0.512 e. The molecule has 2 heterocycles. The number of hydrogen-bond acceptors (Lipinski definition) is 4. The predicted molar refractivity (Wildman–Crippen MR) is 202 cm³/mol. The molecule has 265 valence electrons. The number of hydrogen-bond donors (Lipinski definition) is 1. The van der Waals surface area contributed by atoms with Gasteiger partial charge in [-0.25, -0.2) is 0 Å². The minimum atomic E-state index is -0.337. The summed E-state index contributed by atoms with van der Waals surface area (Å²) < 4.78 is 0. The molecule has 1 radical (unpaired) electrons. The molecule has 5 heteroatoms. The summed E-state index contributed by atoms with van der Waals surface area (Å²) in [5.41, 5.74) is 9.24. The van der Waals surface area contributed by atoms with Crippen molar-refractivity contribution in [2.24, 2.45) is 16.7 Å². The molecule has 0 spiro atoms. The molecule has 49 heavy (non-hydrogen) atoms. The van der Waals surface area contributed by atoms with Gasteiger partial charge in [0.1, 0.15) is 5.76 Å². The zero-order valence-corrected chi connectivity index (χ0v) is 33.9. The summed E-state index contributed by atoms with van der Waals surface area (Å²) in [6, 6.07) is 21.2. The zero-order valence-electron chi connectivity index (χ0n) is 31.5. The van der Waals surface area contributed by atoms with E-state index < -0.39 is 0 Å². The van der Waals surface area contributed by atoms with Crippen LogP contribution in [0.25, 0.3) is 33.2 Å². The Morgan fingerprint density at radius 2 is 1.55 bits per heavy atom. The zero-order chi connectivity index (χ0) is 35.2. The summed E-state index contributed by atoms with van der Waals surface area (Å²) >= 11 is 0. The second-order valence-corrected chi connectivity index (χ2v) is 14.8. The Balaban J connectivity index is 0.000000312. The van der Waals surface area contributed by atoms with Gasteiger partial charge in [-0.1, -0.05) is 104 Å². The maximum absolute atomic E-state index is 12.2. The number of aliphatic hydroxyl groups excluding tert-OH is 1. The van der Waals surface area contributed by atoms with E-state index in [9.17, 15) is 9.90 Å². The third-order valence-corrected chi connectivity index (χ3v) is 10.9. The first kappa shape index (κ1) is 40.3. The van der Waals surface area contributed by atoms with Crippen LogP contribution in [0.5, 0.6) is 0 Å². The van der Waals surface area contributed by atoms with Crippen molar-refractivity contribution in [2.75, 3.05) is 0 Å². The molecule has 0 atom stereocenters. The summed E-state index contributed by atoms with van der Waals surface area (Å²) in [7, 11) is 0. The van der Waals surface area contributed by atoms with Crippen LogP contribution in [0.2, 0.25) is 0 Å². The number of nitrogens with zero attached hydrogens (tertiary/aromatic N) is 2. The van der Waals surface area contributed by atoms with Crippen LogP contribution in [0.3, 0.4) is 0 Å². The normalized spacial score (nSPS) is 13.0. The molecule has 2 aromatic carbocycles. The van der Waals surface area contributed by atoms with E-state index in [1.54, 1.807) is 0 Å². The molecule has 4 aromatic rings. The van der Waals surface area contributed by atoms with Gasteiger partial charge < -0.3 is 5.11 Å². The van der Waals surface area contributed by atoms with Gasteiger partial charge in [-0.3, -0.25) is 14.8 Å². The third kappa shape index (κ3) is 8.97. The Bertz CT molecular complexity index is 1760. The van der Waals surface area contributed by atoms with Crippen molar-refractivity contribution >= 4 is 16.6 Å². The van der Waals surface area contributed by atoms with Gasteiger partial charge in [0, 0.05) is 65.9 Å². The van der Waals surface area contributed by atoms with E-state index >= 15 is 0 Å². The summed E-state index contributed by atoms with van der Waals surface area (Å²) in [6.45, 7) is 21.1. The summed E-state index contributed by atoms with van der Waals surface area (Å²) in [6.07, 6.45) is 9.68. The van der Waals surface area contributed by atoms with Gasteiger partial charge in [-0.15, -0.1) is 29.1 Å². The SMILES string of the molecule is CC(C)Cc1ccc2c(n1)CCc1c-2ccnc1-c1[c-]c2ccccc2c(C(C)C)c1.CCC(C)(CC)C(=O)/C=C(\O)C(C)(CC)CC.[Ir]. The number of fused-ring (bicyclic) bond motifs is 4.